The molecular weight excluding hydrogens is 362 g/mol. The van der Waals surface area contributed by atoms with E-state index < -0.39 is 9.84 Å². The van der Waals surface area contributed by atoms with Crippen molar-refractivity contribution in [3.63, 3.8) is 0 Å². The van der Waals surface area contributed by atoms with E-state index in [0.29, 0.717) is 24.3 Å². The Balaban J connectivity index is 1.79. The quantitative estimate of drug-likeness (QED) is 0.737. The van der Waals surface area contributed by atoms with Crippen LogP contribution < -0.4 is 10.1 Å². The molecule has 1 N–H and O–H groups in total. The molecule has 0 heterocycles. The fourth-order valence-corrected chi connectivity index (χ4v) is 3.34. The first-order valence-electron chi connectivity index (χ1n) is 8.83. The van der Waals surface area contributed by atoms with E-state index in [2.05, 4.69) is 26.1 Å². The van der Waals surface area contributed by atoms with Gasteiger partial charge in [0.25, 0.3) is 5.91 Å². The van der Waals surface area contributed by atoms with Crippen molar-refractivity contribution >= 4 is 15.7 Å². The lowest BCUT2D eigenvalue weighted by Crippen LogP contribution is -2.28. The highest BCUT2D eigenvalue weighted by Gasteiger charge is 2.13. The Morgan fingerprint density at radius 1 is 1.00 bits per heavy atom. The van der Waals surface area contributed by atoms with Crippen LogP contribution in [0.15, 0.2) is 48.5 Å². The van der Waals surface area contributed by atoms with E-state index in [9.17, 15) is 13.2 Å². The number of carbonyl (C=O) groups is 1. The Morgan fingerprint density at radius 3 is 2.11 bits per heavy atom. The molecule has 0 radical (unpaired) electrons. The van der Waals surface area contributed by atoms with E-state index >= 15 is 0 Å². The normalized spacial score (nSPS) is 11.9. The van der Waals surface area contributed by atoms with Gasteiger partial charge in [-0.2, -0.15) is 0 Å². The summed E-state index contributed by atoms with van der Waals surface area (Å²) in [5.74, 6) is 0.520. The van der Waals surface area contributed by atoms with Gasteiger partial charge >= 0.3 is 0 Å². The second-order valence-corrected chi connectivity index (χ2v) is 9.79. The Hall–Kier alpha value is -2.34. The van der Waals surface area contributed by atoms with Gasteiger partial charge in [-0.15, -0.1) is 0 Å². The van der Waals surface area contributed by atoms with Gasteiger partial charge in [-0.3, -0.25) is 4.79 Å². The van der Waals surface area contributed by atoms with Gasteiger partial charge in [0.05, 0.1) is 12.3 Å². The van der Waals surface area contributed by atoms with Gasteiger partial charge in [-0.05, 0) is 40.8 Å². The summed E-state index contributed by atoms with van der Waals surface area (Å²) in [7, 11) is -3.08. The molecule has 2 rings (SSSR count). The highest BCUT2D eigenvalue weighted by Crippen LogP contribution is 2.24. The second-order valence-electron chi connectivity index (χ2n) is 7.65. The maximum absolute atomic E-state index is 12.1. The fraction of sp³-hybridized carbons (Fsp3) is 0.381. The van der Waals surface area contributed by atoms with Crippen LogP contribution in [-0.2, 0) is 21.0 Å². The Morgan fingerprint density at radius 2 is 1.59 bits per heavy atom. The van der Waals surface area contributed by atoms with Crippen LogP contribution in [0, 0.1) is 0 Å². The van der Waals surface area contributed by atoms with Crippen molar-refractivity contribution in [3.05, 3.63) is 65.2 Å². The zero-order chi connectivity index (χ0) is 20.1. The van der Waals surface area contributed by atoms with Crippen LogP contribution >= 0.6 is 0 Å². The second kappa shape index (κ2) is 8.57. The first-order valence-corrected chi connectivity index (χ1v) is 10.9. The lowest BCUT2D eigenvalue weighted by atomic mass is 9.87. The molecule has 0 spiro atoms. The molecule has 2 aromatic carbocycles. The van der Waals surface area contributed by atoms with E-state index in [1.807, 2.05) is 24.3 Å². The molecule has 0 saturated heterocycles. The van der Waals surface area contributed by atoms with Crippen molar-refractivity contribution < 1.29 is 17.9 Å². The van der Waals surface area contributed by atoms with E-state index in [-0.39, 0.29) is 17.1 Å². The van der Waals surface area contributed by atoms with Crippen molar-refractivity contribution in [2.45, 2.75) is 31.9 Å². The summed E-state index contributed by atoms with van der Waals surface area (Å²) in [4.78, 5) is 12.1. The number of hydrogen-bond donors (Lipinski definition) is 1. The number of sulfone groups is 1. The number of benzene rings is 2. The standard InChI is InChI=1S/C21H27NO4S/c1-21(2,3)18-9-11-19(12-10-18)26-14-13-22-20(23)17-7-5-16(6-8-17)15-27(4,24)25/h5-12H,13-15H2,1-4H3,(H,22,23). The lowest BCUT2D eigenvalue weighted by Gasteiger charge is -2.19. The molecule has 27 heavy (non-hydrogen) atoms. The molecule has 0 bridgehead atoms. The highest BCUT2D eigenvalue weighted by atomic mass is 32.2. The van der Waals surface area contributed by atoms with Crippen LogP contribution in [0.2, 0.25) is 0 Å². The minimum atomic E-state index is -3.08. The number of hydrogen-bond acceptors (Lipinski definition) is 4. The van der Waals surface area contributed by atoms with E-state index in [0.717, 1.165) is 5.75 Å². The fourth-order valence-electron chi connectivity index (χ4n) is 2.54. The van der Waals surface area contributed by atoms with Crippen molar-refractivity contribution in [2.75, 3.05) is 19.4 Å². The zero-order valence-corrected chi connectivity index (χ0v) is 17.1. The molecule has 0 aliphatic carbocycles. The van der Waals surface area contributed by atoms with E-state index in [1.54, 1.807) is 24.3 Å². The Kier molecular flexibility index (Phi) is 6.65. The van der Waals surface area contributed by atoms with Crippen LogP contribution in [-0.4, -0.2) is 33.7 Å². The summed E-state index contributed by atoms with van der Waals surface area (Å²) >= 11 is 0. The van der Waals surface area contributed by atoms with Gasteiger partial charge in [-0.25, -0.2) is 8.42 Å². The Labute approximate surface area is 161 Å². The minimum absolute atomic E-state index is 0.0310. The molecular formula is C21H27NO4S. The number of amides is 1. The van der Waals surface area contributed by atoms with Crippen molar-refractivity contribution in [3.8, 4) is 5.75 Å². The topological polar surface area (TPSA) is 72.5 Å². The lowest BCUT2D eigenvalue weighted by molar-refractivity contribution is 0.0947. The molecule has 6 heteroatoms. The third-order valence-corrected chi connectivity index (χ3v) is 4.88. The minimum Gasteiger partial charge on any atom is -0.492 e. The van der Waals surface area contributed by atoms with Crippen molar-refractivity contribution in [1.29, 1.82) is 0 Å². The van der Waals surface area contributed by atoms with Gasteiger partial charge in [0, 0.05) is 11.8 Å². The third-order valence-electron chi connectivity index (χ3n) is 4.02. The van der Waals surface area contributed by atoms with Gasteiger partial charge in [0.2, 0.25) is 0 Å². The Bertz CT molecular complexity index is 864. The molecule has 2 aromatic rings. The van der Waals surface area contributed by atoms with Crippen LogP contribution in [0.5, 0.6) is 5.75 Å². The van der Waals surface area contributed by atoms with Gasteiger partial charge in [-0.1, -0.05) is 45.0 Å². The van der Waals surface area contributed by atoms with Crippen molar-refractivity contribution in [1.82, 2.24) is 5.32 Å². The van der Waals surface area contributed by atoms with Crippen LogP contribution in [0.4, 0.5) is 0 Å². The van der Waals surface area contributed by atoms with E-state index in [4.69, 9.17) is 4.74 Å². The van der Waals surface area contributed by atoms with Gasteiger partial charge < -0.3 is 10.1 Å². The summed E-state index contributed by atoms with van der Waals surface area (Å²) in [6.45, 7) is 7.22. The largest absolute Gasteiger partial charge is 0.492 e. The third kappa shape index (κ3) is 7.06. The molecule has 5 nitrogen and oxygen atoms in total. The highest BCUT2D eigenvalue weighted by molar-refractivity contribution is 7.89. The average molecular weight is 390 g/mol. The maximum Gasteiger partial charge on any atom is 0.251 e. The van der Waals surface area contributed by atoms with E-state index in [1.165, 1.54) is 11.8 Å². The molecule has 0 aromatic heterocycles. The first-order chi connectivity index (χ1) is 12.5. The summed E-state index contributed by atoms with van der Waals surface area (Å²) in [6, 6.07) is 14.5. The zero-order valence-electron chi connectivity index (χ0n) is 16.3. The molecule has 0 aliphatic heterocycles. The average Bonchev–Trinajstić information content (AvgIpc) is 2.57. The first kappa shape index (κ1) is 21.0. The molecule has 0 fully saturated rings. The summed E-state index contributed by atoms with van der Waals surface area (Å²) in [5, 5.41) is 2.79. The van der Waals surface area contributed by atoms with Crippen LogP contribution in [0.3, 0.4) is 0 Å². The number of nitrogens with one attached hydrogen (secondary N) is 1. The molecule has 0 saturated carbocycles. The summed E-state index contributed by atoms with van der Waals surface area (Å²) < 4.78 is 28.2. The number of ether oxygens (including phenoxy) is 1. The molecule has 0 aliphatic rings. The number of rotatable bonds is 7. The smallest absolute Gasteiger partial charge is 0.251 e. The van der Waals surface area contributed by atoms with Crippen LogP contribution in [0.25, 0.3) is 0 Å². The van der Waals surface area contributed by atoms with Crippen LogP contribution in [0.1, 0.15) is 42.3 Å². The number of carbonyl (C=O) groups excluding carboxylic acids is 1. The van der Waals surface area contributed by atoms with Crippen molar-refractivity contribution in [2.24, 2.45) is 0 Å². The molecule has 0 atom stereocenters. The van der Waals surface area contributed by atoms with Gasteiger partial charge in [0.15, 0.2) is 9.84 Å². The predicted octanol–water partition coefficient (Wildman–Crippen LogP) is 3.34. The maximum atomic E-state index is 12.1. The molecule has 0 unspecified atom stereocenters. The molecule has 146 valence electrons. The SMILES string of the molecule is CC(C)(C)c1ccc(OCCNC(=O)c2ccc(CS(C)(=O)=O)cc2)cc1. The summed E-state index contributed by atoms with van der Waals surface area (Å²) in [6.07, 6.45) is 1.18. The monoisotopic (exact) mass is 389 g/mol. The summed E-state index contributed by atoms with van der Waals surface area (Å²) in [5.41, 5.74) is 2.49. The predicted molar refractivity (Wildman–Crippen MR) is 108 cm³/mol. The molecule has 1 amide bonds. The van der Waals surface area contributed by atoms with Gasteiger partial charge in [0.1, 0.15) is 12.4 Å².